The summed E-state index contributed by atoms with van der Waals surface area (Å²) in [5.41, 5.74) is 12.5. The van der Waals surface area contributed by atoms with Crippen LogP contribution in [0.25, 0.3) is 0 Å². The van der Waals surface area contributed by atoms with Gasteiger partial charge in [0.25, 0.3) is 5.91 Å². The third-order valence-corrected chi connectivity index (χ3v) is 6.03. The van der Waals surface area contributed by atoms with Gasteiger partial charge in [-0.15, -0.1) is 0 Å². The summed E-state index contributed by atoms with van der Waals surface area (Å²) in [4.78, 5) is 34.2. The Labute approximate surface area is 188 Å². The lowest BCUT2D eigenvalue weighted by Crippen LogP contribution is -2.75. The van der Waals surface area contributed by atoms with Crippen molar-refractivity contribution in [3.05, 3.63) is 59.3 Å². The van der Waals surface area contributed by atoms with Crippen LogP contribution in [0.1, 0.15) is 51.1 Å². The van der Waals surface area contributed by atoms with E-state index in [2.05, 4.69) is 33.0 Å². The Hall–Kier alpha value is -3.30. The number of nitrogens with zero attached hydrogens (tertiary/aromatic N) is 3. The fourth-order valence-electron chi connectivity index (χ4n) is 4.25. The normalized spacial score (nSPS) is 22.8. The Morgan fingerprint density at radius 2 is 2.06 bits per heavy atom. The molecule has 5 N–H and O–H groups in total. The van der Waals surface area contributed by atoms with E-state index in [9.17, 15) is 9.59 Å². The molecule has 0 spiro atoms. The number of amides is 2. The lowest BCUT2D eigenvalue weighted by atomic mass is 9.88. The Kier molecular flexibility index (Phi) is 6.61. The number of allylic oxidation sites excluding steroid dienone is 1. The van der Waals surface area contributed by atoms with Gasteiger partial charge in [-0.25, -0.2) is 4.98 Å². The number of anilines is 1. The zero-order chi connectivity index (χ0) is 23.5. The first-order valence-corrected chi connectivity index (χ1v) is 10.7. The lowest BCUT2D eigenvalue weighted by Gasteiger charge is -2.50. The van der Waals surface area contributed by atoms with Crippen LogP contribution in [0.15, 0.2) is 42.4 Å². The maximum absolute atomic E-state index is 13.5. The molecule has 0 fully saturated rings. The number of rotatable bonds is 7. The van der Waals surface area contributed by atoms with Gasteiger partial charge in [0.15, 0.2) is 5.82 Å². The van der Waals surface area contributed by atoms with E-state index in [0.29, 0.717) is 30.3 Å². The van der Waals surface area contributed by atoms with Crippen LogP contribution in [0.3, 0.4) is 0 Å². The van der Waals surface area contributed by atoms with E-state index >= 15 is 0 Å². The minimum atomic E-state index is -1.18. The predicted octanol–water partition coefficient (Wildman–Crippen LogP) is 2.13. The summed E-state index contributed by atoms with van der Waals surface area (Å²) in [6.07, 6.45) is 4.21. The van der Waals surface area contributed by atoms with Crippen LogP contribution in [0.2, 0.25) is 0 Å². The Morgan fingerprint density at radius 1 is 1.31 bits per heavy atom. The smallest absolute Gasteiger partial charge is 0.294 e. The van der Waals surface area contributed by atoms with Crippen LogP contribution >= 0.6 is 0 Å². The second kappa shape index (κ2) is 9.05. The van der Waals surface area contributed by atoms with Crippen molar-refractivity contribution in [3.8, 4) is 0 Å². The quantitative estimate of drug-likeness (QED) is 0.491. The molecule has 0 aliphatic carbocycles. The minimum Gasteiger partial charge on any atom is -0.379 e. The third kappa shape index (κ3) is 3.74. The molecule has 170 valence electrons. The molecule has 9 nitrogen and oxygen atoms in total. The molecule has 2 unspecified atom stereocenters. The molecule has 0 radical (unpaired) electrons. The average molecular weight is 439 g/mol. The van der Waals surface area contributed by atoms with Crippen LogP contribution in [-0.4, -0.2) is 28.3 Å². The largest absolute Gasteiger partial charge is 0.379 e. The molecule has 9 heteroatoms. The van der Waals surface area contributed by atoms with Crippen LogP contribution in [0, 0.1) is 6.92 Å². The summed E-state index contributed by atoms with van der Waals surface area (Å²) < 4.78 is -0.0597. The molecule has 0 aromatic carbocycles. The van der Waals surface area contributed by atoms with Crippen LogP contribution in [-0.2, 0) is 21.7 Å². The fourth-order valence-corrected chi connectivity index (χ4v) is 4.25. The number of hydrogen-bond acceptors (Lipinski definition) is 6. The molecule has 0 bridgehead atoms. The van der Waals surface area contributed by atoms with Gasteiger partial charge in [-0.2, -0.15) is 10.0 Å². The van der Waals surface area contributed by atoms with E-state index in [1.54, 1.807) is 12.4 Å². The monoisotopic (exact) mass is 438 g/mol. The third-order valence-electron chi connectivity index (χ3n) is 6.03. The first-order valence-electron chi connectivity index (χ1n) is 10.7. The summed E-state index contributed by atoms with van der Waals surface area (Å²) in [6, 6.07) is 7.45. The molecule has 2 aromatic rings. The highest BCUT2D eigenvalue weighted by atomic mass is 16.2. The van der Waals surface area contributed by atoms with Crippen molar-refractivity contribution in [3.63, 3.8) is 0 Å². The number of carbonyl (C=O) groups is 2. The SMILES string of the molecule is CCCN[N+]1(c2cc(CNC(C)=O)c(C)nc2N)C(C)=CNC(=O)C1(C)c1ccccn1. The summed E-state index contributed by atoms with van der Waals surface area (Å²) >= 11 is 0. The van der Waals surface area contributed by atoms with Gasteiger partial charge in [0.05, 0.1) is 6.20 Å². The van der Waals surface area contributed by atoms with Gasteiger partial charge < -0.3 is 16.4 Å². The molecule has 2 amide bonds. The minimum absolute atomic E-state index is 0.0597. The highest BCUT2D eigenvalue weighted by Gasteiger charge is 2.62. The maximum atomic E-state index is 13.5. The fraction of sp³-hybridized carbons (Fsp3) is 0.391. The number of pyridine rings is 2. The molecule has 2 atom stereocenters. The number of hydrogen-bond donors (Lipinski definition) is 4. The number of aromatic nitrogens is 2. The van der Waals surface area contributed by atoms with Gasteiger partial charge in [-0.1, -0.05) is 13.0 Å². The van der Waals surface area contributed by atoms with Crippen molar-refractivity contribution < 1.29 is 9.59 Å². The van der Waals surface area contributed by atoms with E-state index < -0.39 is 5.54 Å². The van der Waals surface area contributed by atoms with Gasteiger partial charge in [0, 0.05) is 51.8 Å². The molecule has 0 saturated carbocycles. The Bertz CT molecular complexity index is 1050. The molecule has 3 rings (SSSR count). The van der Waals surface area contributed by atoms with Crippen molar-refractivity contribution in [2.45, 2.75) is 53.1 Å². The number of nitrogens with two attached hydrogens (primary N) is 1. The highest BCUT2D eigenvalue weighted by molar-refractivity contribution is 5.92. The molecule has 0 saturated heterocycles. The van der Waals surface area contributed by atoms with Crippen LogP contribution in [0.4, 0.5) is 11.5 Å². The zero-order valence-electron chi connectivity index (χ0n) is 19.3. The van der Waals surface area contributed by atoms with E-state index in [4.69, 9.17) is 5.73 Å². The Balaban J connectivity index is 2.34. The molecular weight excluding hydrogens is 406 g/mol. The predicted molar refractivity (Wildman–Crippen MR) is 124 cm³/mol. The van der Waals surface area contributed by atoms with Crippen molar-refractivity contribution in [1.29, 1.82) is 0 Å². The summed E-state index contributed by atoms with van der Waals surface area (Å²) in [5.74, 6) is -0.0430. The van der Waals surface area contributed by atoms with Crippen molar-refractivity contribution in [2.75, 3.05) is 12.3 Å². The van der Waals surface area contributed by atoms with Gasteiger partial charge in [0.1, 0.15) is 11.4 Å². The van der Waals surface area contributed by atoms with Crippen molar-refractivity contribution in [2.24, 2.45) is 0 Å². The molecule has 32 heavy (non-hydrogen) atoms. The van der Waals surface area contributed by atoms with Crippen molar-refractivity contribution >= 4 is 23.3 Å². The molecule has 1 aliphatic heterocycles. The number of nitrogen functional groups attached to an aromatic ring is 1. The molecule has 1 aliphatic rings. The Morgan fingerprint density at radius 3 is 2.69 bits per heavy atom. The van der Waals surface area contributed by atoms with Gasteiger partial charge in [-0.05, 0) is 31.0 Å². The lowest BCUT2D eigenvalue weighted by molar-refractivity contribution is -0.134. The van der Waals surface area contributed by atoms with Gasteiger partial charge >= 0.3 is 0 Å². The zero-order valence-corrected chi connectivity index (χ0v) is 19.3. The van der Waals surface area contributed by atoms with E-state index in [1.807, 2.05) is 45.0 Å². The van der Waals surface area contributed by atoms with Gasteiger partial charge in [0.2, 0.25) is 17.1 Å². The van der Waals surface area contributed by atoms with Gasteiger partial charge in [-0.3, -0.25) is 14.6 Å². The van der Waals surface area contributed by atoms with Crippen molar-refractivity contribution in [1.82, 2.24) is 30.6 Å². The summed E-state index contributed by atoms with van der Waals surface area (Å²) in [5, 5.41) is 5.72. The van der Waals surface area contributed by atoms with E-state index in [1.165, 1.54) is 6.92 Å². The molecule has 3 heterocycles. The number of carbonyl (C=O) groups excluding carboxylic acids is 2. The number of aryl methyl sites for hydroxylation is 1. The highest BCUT2D eigenvalue weighted by Crippen LogP contribution is 2.46. The maximum Gasteiger partial charge on any atom is 0.294 e. The average Bonchev–Trinajstić information content (AvgIpc) is 2.77. The molecular formula is C23H32N7O2+. The molecule has 2 aromatic heterocycles. The topological polar surface area (TPSA) is 122 Å². The van der Waals surface area contributed by atoms with Crippen LogP contribution in [0.5, 0.6) is 0 Å². The number of quaternary nitrogens is 1. The first kappa shape index (κ1) is 23.4. The summed E-state index contributed by atoms with van der Waals surface area (Å²) in [6.45, 7) is 10.1. The van der Waals surface area contributed by atoms with E-state index in [-0.39, 0.29) is 16.4 Å². The summed E-state index contributed by atoms with van der Waals surface area (Å²) in [7, 11) is 0. The van der Waals surface area contributed by atoms with E-state index in [0.717, 1.165) is 23.4 Å². The first-order chi connectivity index (χ1) is 15.2. The second-order valence-corrected chi connectivity index (χ2v) is 8.17. The standard InChI is InChI=1S/C23H31N7O2/c1-6-10-28-30(19-12-18(14-26-17(4)31)16(3)29-21(19)24)15(2)13-27-22(32)23(30,5)20-9-7-8-11-25-20/h7-9,11-13,28H,6,10,14H2,1-5H3,(H3-,24,26,27,29,31,32)/p+1. The number of nitrogens with one attached hydrogen (secondary N) is 3. The second-order valence-electron chi connectivity index (χ2n) is 8.17. The van der Waals surface area contributed by atoms with Crippen LogP contribution < -0.4 is 26.4 Å².